The molecule has 2 aromatic heterocycles. The summed E-state index contributed by atoms with van der Waals surface area (Å²) in [5.41, 5.74) is 3.92. The highest BCUT2D eigenvalue weighted by Crippen LogP contribution is 2.20. The molecule has 2 aromatic rings. The first-order chi connectivity index (χ1) is 9.05. The molecule has 2 rings (SSSR count). The lowest BCUT2D eigenvalue weighted by Crippen LogP contribution is -2.12. The molecule has 0 saturated carbocycles. The zero-order valence-electron chi connectivity index (χ0n) is 12.1. The number of aromatic nitrogens is 4. The van der Waals surface area contributed by atoms with E-state index in [1.807, 2.05) is 42.4 Å². The third-order valence-electron chi connectivity index (χ3n) is 3.37. The molecule has 0 aliphatic carbocycles. The van der Waals surface area contributed by atoms with Gasteiger partial charge in [0.05, 0.1) is 17.1 Å². The molecule has 104 valence electrons. The molecule has 19 heavy (non-hydrogen) atoms. The summed E-state index contributed by atoms with van der Waals surface area (Å²) in [7, 11) is 1.91. The largest absolute Gasteiger partial charge is 0.386 e. The molecule has 0 aromatic carbocycles. The van der Waals surface area contributed by atoms with Gasteiger partial charge in [-0.25, -0.2) is 0 Å². The highest BCUT2D eigenvalue weighted by molar-refractivity contribution is 5.17. The third kappa shape index (κ3) is 2.87. The lowest BCUT2D eigenvalue weighted by atomic mass is 10.1. The maximum absolute atomic E-state index is 10.4. The van der Waals surface area contributed by atoms with Crippen LogP contribution in [0, 0.1) is 6.92 Å². The molecule has 5 nitrogen and oxygen atoms in total. The second-order valence-corrected chi connectivity index (χ2v) is 4.85. The van der Waals surface area contributed by atoms with Crippen LogP contribution in [0.4, 0.5) is 0 Å². The molecular weight excluding hydrogens is 240 g/mol. The van der Waals surface area contributed by atoms with Crippen molar-refractivity contribution in [2.45, 2.75) is 46.3 Å². The topological polar surface area (TPSA) is 55.9 Å². The van der Waals surface area contributed by atoms with Crippen LogP contribution in [0.25, 0.3) is 0 Å². The Kier molecular flexibility index (Phi) is 4.04. The van der Waals surface area contributed by atoms with Gasteiger partial charge in [-0.15, -0.1) is 0 Å². The first kappa shape index (κ1) is 13.8. The Labute approximate surface area is 113 Å². The highest BCUT2D eigenvalue weighted by Gasteiger charge is 2.17. The number of rotatable bonds is 5. The molecule has 1 N–H and O–H groups in total. The van der Waals surface area contributed by atoms with Crippen LogP contribution in [0.15, 0.2) is 12.1 Å². The summed E-state index contributed by atoms with van der Waals surface area (Å²) in [5, 5.41) is 19.2. The number of aryl methyl sites for hydroxylation is 4. The fourth-order valence-electron chi connectivity index (χ4n) is 2.34. The fourth-order valence-corrected chi connectivity index (χ4v) is 2.34. The van der Waals surface area contributed by atoms with E-state index < -0.39 is 6.10 Å². The standard InChI is InChI=1S/C14H22N4O/c1-5-11-8-13(18(6-2)16-11)14(19)9-12-7-10(3)15-17(12)4/h7-8,14,19H,5-6,9H2,1-4H3. The summed E-state index contributed by atoms with van der Waals surface area (Å²) in [4.78, 5) is 0. The van der Waals surface area contributed by atoms with Crippen LogP contribution in [0.1, 0.15) is 42.7 Å². The van der Waals surface area contributed by atoms with Gasteiger partial charge in [-0.1, -0.05) is 6.92 Å². The van der Waals surface area contributed by atoms with E-state index in [4.69, 9.17) is 0 Å². The van der Waals surface area contributed by atoms with Crippen molar-refractivity contribution in [3.05, 3.63) is 34.9 Å². The molecule has 0 aliphatic rings. The van der Waals surface area contributed by atoms with E-state index in [2.05, 4.69) is 17.1 Å². The first-order valence-corrected chi connectivity index (χ1v) is 6.79. The Balaban J connectivity index is 2.21. The van der Waals surface area contributed by atoms with E-state index >= 15 is 0 Å². The summed E-state index contributed by atoms with van der Waals surface area (Å²) >= 11 is 0. The Hall–Kier alpha value is -1.62. The van der Waals surface area contributed by atoms with Crippen LogP contribution in [-0.4, -0.2) is 24.7 Å². The van der Waals surface area contributed by atoms with Crippen LogP contribution in [0.5, 0.6) is 0 Å². The quantitative estimate of drug-likeness (QED) is 0.893. The third-order valence-corrected chi connectivity index (χ3v) is 3.37. The predicted molar refractivity (Wildman–Crippen MR) is 73.9 cm³/mol. The van der Waals surface area contributed by atoms with Crippen LogP contribution < -0.4 is 0 Å². The molecular formula is C14H22N4O. The summed E-state index contributed by atoms with van der Waals surface area (Å²) in [6.45, 7) is 6.85. The molecule has 5 heteroatoms. The molecule has 0 aliphatic heterocycles. The monoisotopic (exact) mass is 262 g/mol. The van der Waals surface area contributed by atoms with E-state index in [0.29, 0.717) is 6.42 Å². The molecule has 0 bridgehead atoms. The predicted octanol–water partition coefficient (Wildman–Crippen LogP) is 1.78. The average molecular weight is 262 g/mol. The second-order valence-electron chi connectivity index (χ2n) is 4.85. The molecule has 1 unspecified atom stereocenters. The van der Waals surface area contributed by atoms with Gasteiger partial charge < -0.3 is 5.11 Å². The molecule has 0 amide bonds. The van der Waals surface area contributed by atoms with Crippen molar-refractivity contribution in [2.24, 2.45) is 7.05 Å². The molecule has 0 fully saturated rings. The Morgan fingerprint density at radius 2 is 2.00 bits per heavy atom. The smallest absolute Gasteiger partial charge is 0.101 e. The van der Waals surface area contributed by atoms with Crippen molar-refractivity contribution in [2.75, 3.05) is 0 Å². The van der Waals surface area contributed by atoms with Gasteiger partial charge in [-0.3, -0.25) is 9.36 Å². The lowest BCUT2D eigenvalue weighted by Gasteiger charge is -2.12. The van der Waals surface area contributed by atoms with Gasteiger partial charge in [0, 0.05) is 25.7 Å². The van der Waals surface area contributed by atoms with Gasteiger partial charge >= 0.3 is 0 Å². The number of hydrogen-bond acceptors (Lipinski definition) is 3. The van der Waals surface area contributed by atoms with Gasteiger partial charge in [-0.05, 0) is 32.4 Å². The van der Waals surface area contributed by atoms with Gasteiger partial charge in [-0.2, -0.15) is 10.2 Å². The number of hydrogen-bond donors (Lipinski definition) is 1. The summed E-state index contributed by atoms with van der Waals surface area (Å²) < 4.78 is 3.71. The fraction of sp³-hybridized carbons (Fsp3) is 0.571. The number of aliphatic hydroxyl groups is 1. The highest BCUT2D eigenvalue weighted by atomic mass is 16.3. The van der Waals surface area contributed by atoms with Crippen molar-refractivity contribution in [1.82, 2.24) is 19.6 Å². The molecule has 0 saturated heterocycles. The van der Waals surface area contributed by atoms with Crippen molar-refractivity contribution in [3.63, 3.8) is 0 Å². The maximum Gasteiger partial charge on any atom is 0.101 e. The Bertz CT molecular complexity index is 556. The molecule has 0 spiro atoms. The van der Waals surface area contributed by atoms with E-state index in [1.54, 1.807) is 0 Å². The van der Waals surface area contributed by atoms with Gasteiger partial charge in [0.1, 0.15) is 6.10 Å². The number of nitrogens with zero attached hydrogens (tertiary/aromatic N) is 4. The van der Waals surface area contributed by atoms with E-state index in [9.17, 15) is 5.11 Å². The van der Waals surface area contributed by atoms with Crippen molar-refractivity contribution >= 4 is 0 Å². The average Bonchev–Trinajstić information content (AvgIpc) is 2.93. The number of aliphatic hydroxyl groups excluding tert-OH is 1. The summed E-state index contributed by atoms with van der Waals surface area (Å²) in [6, 6.07) is 4.01. The van der Waals surface area contributed by atoms with Crippen LogP contribution in [0.3, 0.4) is 0 Å². The zero-order chi connectivity index (χ0) is 14.0. The SMILES string of the molecule is CCc1cc(C(O)Cc2cc(C)nn2C)n(CC)n1. The Morgan fingerprint density at radius 3 is 2.53 bits per heavy atom. The van der Waals surface area contributed by atoms with Gasteiger partial charge in [0.25, 0.3) is 0 Å². The summed E-state index contributed by atoms with van der Waals surface area (Å²) in [5.74, 6) is 0. The van der Waals surface area contributed by atoms with Gasteiger partial charge in [0.15, 0.2) is 0 Å². The maximum atomic E-state index is 10.4. The normalized spacial score (nSPS) is 12.9. The minimum Gasteiger partial charge on any atom is -0.386 e. The minimum atomic E-state index is -0.539. The molecule has 2 heterocycles. The van der Waals surface area contributed by atoms with Crippen LogP contribution in [0.2, 0.25) is 0 Å². The van der Waals surface area contributed by atoms with Crippen molar-refractivity contribution in [1.29, 1.82) is 0 Å². The Morgan fingerprint density at radius 1 is 1.26 bits per heavy atom. The van der Waals surface area contributed by atoms with Crippen LogP contribution >= 0.6 is 0 Å². The van der Waals surface area contributed by atoms with E-state index in [-0.39, 0.29) is 0 Å². The zero-order valence-corrected chi connectivity index (χ0v) is 12.1. The molecule has 0 radical (unpaired) electrons. The lowest BCUT2D eigenvalue weighted by molar-refractivity contribution is 0.164. The second kappa shape index (κ2) is 5.57. The first-order valence-electron chi connectivity index (χ1n) is 6.79. The summed E-state index contributed by atoms with van der Waals surface area (Å²) in [6.07, 6.45) is 0.909. The van der Waals surface area contributed by atoms with E-state index in [1.165, 1.54) is 0 Å². The molecule has 1 atom stereocenters. The van der Waals surface area contributed by atoms with E-state index in [0.717, 1.165) is 35.7 Å². The van der Waals surface area contributed by atoms with Crippen LogP contribution in [-0.2, 0) is 26.4 Å². The van der Waals surface area contributed by atoms with Crippen molar-refractivity contribution < 1.29 is 5.11 Å². The minimum absolute atomic E-state index is 0.539. The van der Waals surface area contributed by atoms with Gasteiger partial charge in [0.2, 0.25) is 0 Å². The van der Waals surface area contributed by atoms with Crippen molar-refractivity contribution in [3.8, 4) is 0 Å².